The zero-order valence-electron chi connectivity index (χ0n) is 13.2. The van der Waals surface area contributed by atoms with Crippen LogP contribution in [0.15, 0.2) is 34.7 Å². The van der Waals surface area contributed by atoms with E-state index in [1.807, 2.05) is 6.92 Å². The Kier molecular flexibility index (Phi) is 4.78. The molecule has 10 heteroatoms. The van der Waals surface area contributed by atoms with E-state index in [0.29, 0.717) is 25.3 Å². The van der Waals surface area contributed by atoms with Crippen LogP contribution in [0.2, 0.25) is 0 Å². The predicted molar refractivity (Wildman–Crippen MR) is 89.2 cm³/mol. The van der Waals surface area contributed by atoms with Gasteiger partial charge >= 0.3 is 6.18 Å². The number of anilines is 1. The molecule has 0 unspecified atom stereocenters. The Morgan fingerprint density at radius 2 is 2.04 bits per heavy atom. The molecule has 1 atom stereocenters. The average molecular weight is 391 g/mol. The van der Waals surface area contributed by atoms with Gasteiger partial charge in [0.15, 0.2) is 0 Å². The summed E-state index contributed by atoms with van der Waals surface area (Å²) in [7, 11) is -3.58. The summed E-state index contributed by atoms with van der Waals surface area (Å²) in [5, 5.41) is 0. The summed E-state index contributed by atoms with van der Waals surface area (Å²) < 4.78 is 65.3. The van der Waals surface area contributed by atoms with E-state index >= 15 is 0 Å². The van der Waals surface area contributed by atoms with E-state index in [-0.39, 0.29) is 10.3 Å². The van der Waals surface area contributed by atoms with Gasteiger partial charge in [0.05, 0.1) is 5.56 Å². The first-order valence-corrected chi connectivity index (χ1v) is 9.82. The molecule has 1 aliphatic heterocycles. The number of hydrogen-bond acceptors (Lipinski definition) is 5. The summed E-state index contributed by atoms with van der Waals surface area (Å²) in [5.41, 5.74) is -0.805. The lowest BCUT2D eigenvalue weighted by Gasteiger charge is -2.18. The van der Waals surface area contributed by atoms with Crippen molar-refractivity contribution in [3.63, 3.8) is 0 Å². The summed E-state index contributed by atoms with van der Waals surface area (Å²) >= 11 is 1.20. The number of alkyl halides is 3. The Hall–Kier alpha value is -1.65. The summed E-state index contributed by atoms with van der Waals surface area (Å²) in [6.45, 7) is 2.72. The smallest absolute Gasteiger partial charge is 0.355 e. The van der Waals surface area contributed by atoms with Crippen LogP contribution in [0.4, 0.5) is 19.0 Å². The van der Waals surface area contributed by atoms with E-state index in [2.05, 4.69) is 9.71 Å². The minimum Gasteiger partial charge on any atom is -0.355 e. The first-order valence-electron chi connectivity index (χ1n) is 7.52. The summed E-state index contributed by atoms with van der Waals surface area (Å²) in [6.07, 6.45) is -3.07. The fraction of sp³-hybridized carbons (Fsp3) is 0.400. The summed E-state index contributed by atoms with van der Waals surface area (Å²) in [5.74, 6) is 0.404. The van der Waals surface area contributed by atoms with Gasteiger partial charge in [0.25, 0.3) is 0 Å². The molecule has 0 aromatic carbocycles. The molecular formula is C15H16F3N3O2S2. The van der Waals surface area contributed by atoms with Gasteiger partial charge in [-0.15, -0.1) is 11.3 Å². The lowest BCUT2D eigenvalue weighted by Crippen LogP contribution is -2.36. The monoisotopic (exact) mass is 391 g/mol. The molecule has 1 aliphatic rings. The normalized spacial score (nSPS) is 18.7. The maximum Gasteiger partial charge on any atom is 0.417 e. The van der Waals surface area contributed by atoms with Gasteiger partial charge in [0.2, 0.25) is 10.0 Å². The van der Waals surface area contributed by atoms with Crippen molar-refractivity contribution in [1.82, 2.24) is 9.71 Å². The van der Waals surface area contributed by atoms with Gasteiger partial charge < -0.3 is 4.90 Å². The van der Waals surface area contributed by atoms with Crippen molar-refractivity contribution in [3.05, 3.63) is 40.9 Å². The maximum absolute atomic E-state index is 12.6. The molecule has 136 valence electrons. The van der Waals surface area contributed by atoms with Crippen LogP contribution in [0.3, 0.4) is 0 Å². The highest BCUT2D eigenvalue weighted by atomic mass is 32.2. The van der Waals surface area contributed by atoms with E-state index in [1.165, 1.54) is 17.4 Å². The molecule has 0 aliphatic carbocycles. The van der Waals surface area contributed by atoms with Crippen molar-refractivity contribution in [1.29, 1.82) is 0 Å². The molecule has 0 spiro atoms. The van der Waals surface area contributed by atoms with Gasteiger partial charge in [-0.3, -0.25) is 0 Å². The van der Waals surface area contributed by atoms with Crippen LogP contribution >= 0.6 is 11.3 Å². The average Bonchev–Trinajstić information content (AvgIpc) is 3.16. The first kappa shape index (κ1) is 18.2. The highest BCUT2D eigenvalue weighted by molar-refractivity contribution is 7.91. The molecule has 1 N–H and O–H groups in total. The lowest BCUT2D eigenvalue weighted by atomic mass is 10.3. The van der Waals surface area contributed by atoms with Gasteiger partial charge in [0, 0.05) is 30.2 Å². The number of rotatable bonds is 4. The molecule has 25 heavy (non-hydrogen) atoms. The molecule has 0 saturated carbocycles. The third-order valence-electron chi connectivity index (χ3n) is 3.89. The number of thiophene rings is 1. The van der Waals surface area contributed by atoms with Crippen molar-refractivity contribution >= 4 is 27.2 Å². The van der Waals surface area contributed by atoms with Gasteiger partial charge in [-0.05, 0) is 37.6 Å². The quantitative estimate of drug-likeness (QED) is 0.870. The van der Waals surface area contributed by atoms with Gasteiger partial charge in [-0.1, -0.05) is 0 Å². The van der Waals surface area contributed by atoms with Crippen LogP contribution in [-0.4, -0.2) is 32.5 Å². The van der Waals surface area contributed by atoms with Crippen LogP contribution in [0.1, 0.15) is 16.9 Å². The zero-order chi connectivity index (χ0) is 18.2. The van der Waals surface area contributed by atoms with E-state index in [9.17, 15) is 21.6 Å². The Morgan fingerprint density at radius 1 is 1.28 bits per heavy atom. The Bertz CT molecular complexity index is 848. The number of pyridine rings is 1. The molecule has 5 nitrogen and oxygen atoms in total. The highest BCUT2D eigenvalue weighted by Crippen LogP contribution is 2.30. The maximum atomic E-state index is 12.6. The first-order chi connectivity index (χ1) is 11.6. The molecule has 3 heterocycles. The number of nitrogens with zero attached hydrogens (tertiary/aromatic N) is 2. The molecule has 3 rings (SSSR count). The van der Waals surface area contributed by atoms with Crippen LogP contribution < -0.4 is 9.62 Å². The number of sulfonamides is 1. The number of aromatic nitrogens is 1. The molecule has 0 amide bonds. The highest BCUT2D eigenvalue weighted by Gasteiger charge is 2.32. The minimum atomic E-state index is -4.42. The molecular weight excluding hydrogens is 375 g/mol. The molecule has 2 aromatic heterocycles. The molecule has 1 fully saturated rings. The Labute approximate surface area is 147 Å². The zero-order valence-corrected chi connectivity index (χ0v) is 14.9. The van der Waals surface area contributed by atoms with Crippen LogP contribution in [0.5, 0.6) is 0 Å². The Morgan fingerprint density at radius 3 is 2.60 bits per heavy atom. The fourth-order valence-corrected chi connectivity index (χ4v) is 5.20. The largest absolute Gasteiger partial charge is 0.417 e. The topological polar surface area (TPSA) is 62.3 Å². The van der Waals surface area contributed by atoms with E-state index in [4.69, 9.17) is 0 Å². The Balaban J connectivity index is 1.66. The van der Waals surface area contributed by atoms with Gasteiger partial charge in [0.1, 0.15) is 10.0 Å². The van der Waals surface area contributed by atoms with Crippen LogP contribution in [0.25, 0.3) is 0 Å². The minimum absolute atomic E-state index is 0.260. The predicted octanol–water partition coefficient (Wildman–Crippen LogP) is 3.03. The SMILES string of the molecule is Cc1ccc(S(=O)(=O)N[C@@H]2CCN(c3ccc(C(F)(F)F)cn3)C2)s1. The number of hydrogen-bond donors (Lipinski definition) is 1. The summed E-state index contributed by atoms with van der Waals surface area (Å²) in [4.78, 5) is 6.53. The van der Waals surface area contributed by atoms with Crippen molar-refractivity contribution in [2.24, 2.45) is 0 Å². The third kappa shape index (κ3) is 4.13. The molecule has 0 radical (unpaired) electrons. The van der Waals surface area contributed by atoms with Crippen molar-refractivity contribution in [2.45, 2.75) is 29.8 Å². The van der Waals surface area contributed by atoms with Crippen molar-refractivity contribution < 1.29 is 21.6 Å². The van der Waals surface area contributed by atoms with Gasteiger partial charge in [-0.25, -0.2) is 18.1 Å². The van der Waals surface area contributed by atoms with E-state index in [1.54, 1.807) is 17.0 Å². The second kappa shape index (κ2) is 6.58. The lowest BCUT2D eigenvalue weighted by molar-refractivity contribution is -0.137. The van der Waals surface area contributed by atoms with Crippen LogP contribution in [-0.2, 0) is 16.2 Å². The standard InChI is InChI=1S/C15H16F3N3O2S2/c1-10-2-5-14(24-10)25(22,23)20-12-6-7-21(9-12)13-4-3-11(8-19-13)15(16,17)18/h2-5,8,12,20H,6-7,9H2,1H3/t12-/m1/s1. The van der Waals surface area contributed by atoms with Crippen LogP contribution in [0, 0.1) is 6.92 Å². The van der Waals surface area contributed by atoms with Crippen molar-refractivity contribution in [2.75, 3.05) is 18.0 Å². The second-order valence-corrected chi connectivity index (χ2v) is 9.05. The molecule has 1 saturated heterocycles. The van der Waals surface area contributed by atoms with E-state index < -0.39 is 21.8 Å². The third-order valence-corrected chi connectivity index (χ3v) is 6.90. The number of aryl methyl sites for hydroxylation is 1. The summed E-state index contributed by atoms with van der Waals surface area (Å²) in [6, 6.07) is 5.28. The number of nitrogens with one attached hydrogen (secondary N) is 1. The number of halogens is 3. The van der Waals surface area contributed by atoms with E-state index in [0.717, 1.165) is 17.1 Å². The molecule has 2 aromatic rings. The second-order valence-electron chi connectivity index (χ2n) is 5.82. The fourth-order valence-electron chi connectivity index (χ4n) is 2.64. The van der Waals surface area contributed by atoms with Gasteiger partial charge in [-0.2, -0.15) is 13.2 Å². The molecule has 0 bridgehead atoms. The van der Waals surface area contributed by atoms with Crippen molar-refractivity contribution in [3.8, 4) is 0 Å².